The fraction of sp³-hybridized carbons (Fsp3) is 0.378. The van der Waals surface area contributed by atoms with Gasteiger partial charge in [0.05, 0.1) is 15.3 Å². The number of fused-ring (bicyclic) bond motifs is 1. The Morgan fingerprint density at radius 2 is 1.57 bits per heavy atom. The van der Waals surface area contributed by atoms with Gasteiger partial charge in [0, 0.05) is 47.6 Å². The van der Waals surface area contributed by atoms with Crippen molar-refractivity contribution in [3.8, 4) is 0 Å². The minimum absolute atomic E-state index is 0.0758. The van der Waals surface area contributed by atoms with Gasteiger partial charge in [-0.2, -0.15) is 0 Å². The largest absolute Gasteiger partial charge is 0.415 e. The van der Waals surface area contributed by atoms with Crippen molar-refractivity contribution >= 4 is 60.9 Å². The number of nitrogens with zero attached hydrogens (tertiary/aromatic N) is 2. The van der Waals surface area contributed by atoms with Crippen LogP contribution in [-0.4, -0.2) is 47.2 Å². The van der Waals surface area contributed by atoms with Crippen LogP contribution in [0.15, 0.2) is 105 Å². The number of para-hydroxylation sites is 1. The summed E-state index contributed by atoms with van der Waals surface area (Å²) in [4.78, 5) is 10.6. The molecule has 274 valence electrons. The monoisotopic (exact) mass is 815 g/mol. The number of sulfonamides is 1. The van der Waals surface area contributed by atoms with Crippen LogP contribution in [0.1, 0.15) is 52.7 Å². The Morgan fingerprint density at radius 1 is 0.941 bits per heavy atom. The summed E-state index contributed by atoms with van der Waals surface area (Å²) in [6.07, 6.45) is 5.49. The topological polar surface area (TPSA) is 138 Å². The van der Waals surface area contributed by atoms with E-state index in [4.69, 9.17) is 4.43 Å². The molecule has 4 rings (SSSR count). The number of nitro groups is 1. The van der Waals surface area contributed by atoms with Gasteiger partial charge in [-0.15, -0.1) is 5.73 Å². The van der Waals surface area contributed by atoms with Crippen LogP contribution in [0.3, 0.4) is 0 Å². The van der Waals surface area contributed by atoms with Gasteiger partial charge in [-0.25, -0.2) is 25.5 Å². The molecule has 0 amide bonds. The van der Waals surface area contributed by atoms with Crippen molar-refractivity contribution in [2.24, 2.45) is 5.92 Å². The number of rotatable bonds is 16. The molecule has 1 aromatic heterocycles. The molecular formula is C37H46BrN3O7S2Si. The van der Waals surface area contributed by atoms with Crippen molar-refractivity contribution in [3.63, 3.8) is 0 Å². The highest BCUT2D eigenvalue weighted by Crippen LogP contribution is 2.42. The first kappa shape index (κ1) is 40.4. The minimum atomic E-state index is -4.23. The number of halogens is 1. The standard InChI is InChI=1S/C37H46BrN3O7S2Si/c1-26(2)51(27(3)4,28(5)6)48-25-30(23-39-49(44,45)36-18-11-10-16-34(36)41(42)43)13-8-9-14-31-24-40(35-17-12-15-33(38)37(31)35)50(46,47)32-21-19-29(7)20-22-32/h9-13,15-22,24,26-28,30,39H,14,23,25H2,1-7H3/t8?,30-/m1/s1. The average Bonchev–Trinajstić information content (AvgIpc) is 3.45. The molecule has 4 aromatic rings. The van der Waals surface area contributed by atoms with Gasteiger partial charge in [-0.3, -0.25) is 10.1 Å². The van der Waals surface area contributed by atoms with Crippen LogP contribution in [0, 0.1) is 23.0 Å². The molecule has 1 heterocycles. The molecule has 1 N–H and O–H groups in total. The van der Waals surface area contributed by atoms with Crippen molar-refractivity contribution < 1.29 is 26.2 Å². The molecule has 0 saturated heterocycles. The summed E-state index contributed by atoms with van der Waals surface area (Å²) in [7, 11) is -10.4. The maximum Gasteiger partial charge on any atom is 0.289 e. The number of hydrogen-bond acceptors (Lipinski definition) is 7. The molecule has 0 saturated carbocycles. The number of hydrogen-bond donors (Lipinski definition) is 1. The molecule has 0 fully saturated rings. The van der Waals surface area contributed by atoms with E-state index in [2.05, 4.69) is 67.9 Å². The first-order chi connectivity index (χ1) is 23.9. The third kappa shape index (κ3) is 8.82. The lowest BCUT2D eigenvalue weighted by atomic mass is 10.1. The van der Waals surface area contributed by atoms with Crippen molar-refractivity contribution in [2.45, 2.75) is 81.3 Å². The number of aryl methyl sites for hydroxylation is 1. The summed E-state index contributed by atoms with van der Waals surface area (Å²) < 4.78 is 65.5. The zero-order chi connectivity index (χ0) is 37.7. The van der Waals surface area contributed by atoms with E-state index in [9.17, 15) is 26.9 Å². The molecule has 10 nitrogen and oxygen atoms in total. The minimum Gasteiger partial charge on any atom is -0.415 e. The number of benzene rings is 3. The summed E-state index contributed by atoms with van der Waals surface area (Å²) in [5, 5.41) is 12.3. The molecule has 0 unspecified atom stereocenters. The predicted octanol–water partition coefficient (Wildman–Crippen LogP) is 8.90. The van der Waals surface area contributed by atoms with Crippen LogP contribution in [0.2, 0.25) is 16.6 Å². The molecule has 3 aromatic carbocycles. The lowest BCUT2D eigenvalue weighted by molar-refractivity contribution is -0.387. The molecule has 0 aliphatic heterocycles. The normalized spacial score (nSPS) is 13.2. The van der Waals surface area contributed by atoms with Crippen LogP contribution < -0.4 is 4.72 Å². The molecule has 0 aliphatic rings. The lowest BCUT2D eigenvalue weighted by Gasteiger charge is -2.42. The van der Waals surface area contributed by atoms with Gasteiger partial charge in [-0.05, 0) is 71.6 Å². The molecular weight excluding hydrogens is 771 g/mol. The van der Waals surface area contributed by atoms with E-state index in [0.717, 1.165) is 27.1 Å². The van der Waals surface area contributed by atoms with Gasteiger partial charge < -0.3 is 4.43 Å². The summed E-state index contributed by atoms with van der Waals surface area (Å²) in [5.74, 6) is -0.461. The van der Waals surface area contributed by atoms with Gasteiger partial charge in [0.15, 0.2) is 13.2 Å². The van der Waals surface area contributed by atoms with Crippen LogP contribution in [-0.2, 0) is 30.9 Å². The average molecular weight is 817 g/mol. The molecule has 0 bridgehead atoms. The lowest BCUT2D eigenvalue weighted by Crippen LogP contribution is -2.49. The van der Waals surface area contributed by atoms with E-state index in [1.165, 1.54) is 22.2 Å². The zero-order valence-corrected chi connectivity index (χ0v) is 34.2. The third-order valence-corrected chi connectivity index (χ3v) is 19.2. The molecule has 0 aliphatic carbocycles. The Hall–Kier alpha value is -3.36. The Balaban J connectivity index is 1.68. The maximum atomic E-state index is 13.7. The van der Waals surface area contributed by atoms with E-state index in [0.29, 0.717) is 28.6 Å². The Morgan fingerprint density at radius 3 is 2.18 bits per heavy atom. The Labute approximate surface area is 311 Å². The maximum absolute atomic E-state index is 13.7. The van der Waals surface area contributed by atoms with E-state index in [1.807, 2.05) is 13.0 Å². The van der Waals surface area contributed by atoms with Crippen molar-refractivity contribution in [2.75, 3.05) is 13.2 Å². The highest BCUT2D eigenvalue weighted by atomic mass is 79.9. The van der Waals surface area contributed by atoms with Crippen LogP contribution >= 0.6 is 15.9 Å². The first-order valence-electron chi connectivity index (χ1n) is 16.8. The molecule has 0 spiro atoms. The fourth-order valence-corrected chi connectivity index (χ4v) is 15.6. The predicted molar refractivity (Wildman–Crippen MR) is 209 cm³/mol. The third-order valence-electron chi connectivity index (χ3n) is 9.31. The van der Waals surface area contributed by atoms with Crippen molar-refractivity contribution in [3.05, 3.63) is 117 Å². The molecule has 0 radical (unpaired) electrons. The second kappa shape index (κ2) is 16.5. The molecule has 51 heavy (non-hydrogen) atoms. The zero-order valence-electron chi connectivity index (χ0n) is 30.0. The summed E-state index contributed by atoms with van der Waals surface area (Å²) in [5.41, 5.74) is 5.84. The highest BCUT2D eigenvalue weighted by molar-refractivity contribution is 9.10. The van der Waals surface area contributed by atoms with Crippen LogP contribution in [0.25, 0.3) is 10.9 Å². The second-order valence-electron chi connectivity index (χ2n) is 13.6. The quantitative estimate of drug-likeness (QED) is 0.0516. The molecule has 14 heteroatoms. The van der Waals surface area contributed by atoms with E-state index in [-0.39, 0.29) is 18.0 Å². The smallest absolute Gasteiger partial charge is 0.289 e. The summed E-state index contributed by atoms with van der Waals surface area (Å²) in [6, 6.07) is 17.4. The van der Waals surface area contributed by atoms with Crippen LogP contribution in [0.5, 0.6) is 0 Å². The summed E-state index contributed by atoms with van der Waals surface area (Å²) in [6.45, 7) is 15.1. The Kier molecular flexibility index (Phi) is 13.1. The van der Waals surface area contributed by atoms with Crippen molar-refractivity contribution in [1.29, 1.82) is 0 Å². The number of nitrogens with one attached hydrogen (secondary N) is 1. The summed E-state index contributed by atoms with van der Waals surface area (Å²) >= 11 is 3.60. The number of aromatic nitrogens is 1. The van der Waals surface area contributed by atoms with Crippen LogP contribution in [0.4, 0.5) is 5.69 Å². The van der Waals surface area contributed by atoms with E-state index < -0.39 is 49.8 Å². The molecule has 1 atom stereocenters. The number of nitro benzene ring substituents is 1. The van der Waals surface area contributed by atoms with Crippen molar-refractivity contribution in [1.82, 2.24) is 8.69 Å². The second-order valence-corrected chi connectivity index (χ2v) is 23.5. The van der Waals surface area contributed by atoms with Gasteiger partial charge in [0.2, 0.25) is 10.0 Å². The van der Waals surface area contributed by atoms with E-state index in [1.54, 1.807) is 54.7 Å². The Bertz CT molecular complexity index is 2140. The van der Waals surface area contributed by atoms with Gasteiger partial charge in [0.1, 0.15) is 0 Å². The van der Waals surface area contributed by atoms with Gasteiger partial charge >= 0.3 is 0 Å². The first-order valence-corrected chi connectivity index (χ1v) is 22.7. The highest BCUT2D eigenvalue weighted by Gasteiger charge is 2.45. The fourth-order valence-electron chi connectivity index (χ4n) is 6.89. The van der Waals surface area contributed by atoms with E-state index >= 15 is 0 Å². The van der Waals surface area contributed by atoms with Gasteiger partial charge in [0.25, 0.3) is 15.7 Å². The van der Waals surface area contributed by atoms with Gasteiger partial charge in [-0.1, -0.05) is 93.4 Å². The SMILES string of the molecule is Cc1ccc(S(=O)(=O)n2cc(CC=C=C[C@H](CNS(=O)(=O)c3ccccc3[N+](=O)[O-])CO[Si](C(C)C)(C(C)C)C(C)C)c3c(Br)cccc32)cc1.